The summed E-state index contributed by atoms with van der Waals surface area (Å²) in [4.78, 5) is 0. The highest BCUT2D eigenvalue weighted by Gasteiger charge is 2.37. The van der Waals surface area contributed by atoms with E-state index in [2.05, 4.69) is 92.7 Å². The van der Waals surface area contributed by atoms with Crippen molar-refractivity contribution >= 4 is 12.2 Å². The van der Waals surface area contributed by atoms with Crippen molar-refractivity contribution in [1.82, 2.24) is 0 Å². The van der Waals surface area contributed by atoms with Crippen molar-refractivity contribution in [2.24, 2.45) is 29.1 Å². The van der Waals surface area contributed by atoms with Crippen LogP contribution in [0.25, 0.3) is 12.2 Å². The van der Waals surface area contributed by atoms with Crippen molar-refractivity contribution in [2.75, 3.05) is 0 Å². The van der Waals surface area contributed by atoms with E-state index in [1.165, 1.54) is 84.1 Å². The molecule has 220 valence electrons. The molecule has 0 spiro atoms. The van der Waals surface area contributed by atoms with Gasteiger partial charge in [0, 0.05) is 0 Å². The summed E-state index contributed by atoms with van der Waals surface area (Å²) >= 11 is 0. The van der Waals surface area contributed by atoms with Crippen molar-refractivity contribution in [1.29, 1.82) is 0 Å². The zero-order valence-electron chi connectivity index (χ0n) is 25.9. The summed E-state index contributed by atoms with van der Waals surface area (Å²) in [7, 11) is 0. The fraction of sp³-hybridized carbons (Fsp3) is 0.463. The largest absolute Gasteiger partial charge is 0.508 e. The summed E-state index contributed by atoms with van der Waals surface area (Å²) in [6.45, 7) is 4.93. The second kappa shape index (κ2) is 13.1. The molecule has 5 unspecified atom stereocenters. The van der Waals surface area contributed by atoms with Crippen molar-refractivity contribution in [2.45, 2.75) is 90.9 Å². The lowest BCUT2D eigenvalue weighted by molar-refractivity contribution is 0.119. The van der Waals surface area contributed by atoms with Gasteiger partial charge in [-0.25, -0.2) is 0 Å². The zero-order chi connectivity index (χ0) is 28.9. The van der Waals surface area contributed by atoms with Gasteiger partial charge in [-0.2, -0.15) is 0 Å². The van der Waals surface area contributed by atoms with Gasteiger partial charge in [0.25, 0.3) is 0 Å². The van der Waals surface area contributed by atoms with Gasteiger partial charge in [0.15, 0.2) is 0 Å². The maximum absolute atomic E-state index is 10.7. The number of fused-ring (bicyclic) bond motifs is 1. The van der Waals surface area contributed by atoms with Crippen LogP contribution in [0.15, 0.2) is 78.9 Å². The molecule has 1 nitrogen and oxygen atoms in total. The number of benzene rings is 3. The SMILES string of the molecule is CC1CC=CC(C)(C2CCCC(Cc3cc(O)cc(Cc4ccccc4CCCC4C=c5ccccc5=CC4)c3)C2)C1. The van der Waals surface area contributed by atoms with E-state index in [0.717, 1.165) is 37.5 Å². The molecule has 1 N–H and O–H groups in total. The van der Waals surface area contributed by atoms with Gasteiger partial charge < -0.3 is 5.11 Å². The minimum Gasteiger partial charge on any atom is -0.508 e. The standard InChI is InChI=1S/C41H50O/c1-30-10-9-21-41(2,29-30)39-18-8-12-32(26-39)22-33-23-34(28-40(42)27-33)25-38-16-5-3-13-35(38)17-7-11-31-19-20-36-14-4-6-15-37(36)24-31/h3-6,9,13-16,20-21,23-24,27-28,30-32,39,42H,7-8,10-12,17-19,22,25-26,29H2,1-2H3. The van der Waals surface area contributed by atoms with E-state index in [0.29, 0.717) is 23.0 Å². The van der Waals surface area contributed by atoms with Gasteiger partial charge in [-0.05, 0) is 138 Å². The molecule has 0 radical (unpaired) electrons. The lowest BCUT2D eigenvalue weighted by Crippen LogP contribution is -2.33. The zero-order valence-corrected chi connectivity index (χ0v) is 25.9. The highest BCUT2D eigenvalue weighted by atomic mass is 16.3. The van der Waals surface area contributed by atoms with Crippen LogP contribution in [-0.2, 0) is 19.3 Å². The summed E-state index contributed by atoms with van der Waals surface area (Å²) in [5, 5.41) is 13.5. The molecule has 0 bridgehead atoms. The van der Waals surface area contributed by atoms with Crippen LogP contribution in [-0.4, -0.2) is 5.11 Å². The molecule has 0 saturated heterocycles. The molecule has 3 aromatic rings. The monoisotopic (exact) mass is 558 g/mol. The van der Waals surface area contributed by atoms with E-state index in [1.807, 2.05) is 12.1 Å². The summed E-state index contributed by atoms with van der Waals surface area (Å²) < 4.78 is 0. The van der Waals surface area contributed by atoms with Crippen molar-refractivity contribution in [3.8, 4) is 5.75 Å². The number of phenols is 1. The molecule has 42 heavy (non-hydrogen) atoms. The molecule has 6 rings (SSSR count). The summed E-state index contributed by atoms with van der Waals surface area (Å²) in [6, 6.07) is 24.1. The van der Waals surface area contributed by atoms with E-state index in [-0.39, 0.29) is 0 Å². The topological polar surface area (TPSA) is 20.2 Å². The Hall–Kier alpha value is -3.06. The summed E-state index contributed by atoms with van der Waals surface area (Å²) in [5.74, 6) is 3.37. The first-order valence-corrected chi connectivity index (χ1v) is 16.8. The molecule has 0 heterocycles. The van der Waals surface area contributed by atoms with Crippen LogP contribution in [0.5, 0.6) is 5.75 Å². The maximum atomic E-state index is 10.7. The van der Waals surface area contributed by atoms with E-state index in [4.69, 9.17) is 0 Å². The molecule has 3 aliphatic carbocycles. The van der Waals surface area contributed by atoms with Crippen molar-refractivity contribution < 1.29 is 5.11 Å². The predicted octanol–water partition coefficient (Wildman–Crippen LogP) is 8.93. The Kier molecular flexibility index (Phi) is 9.03. The van der Waals surface area contributed by atoms with E-state index < -0.39 is 0 Å². The minimum absolute atomic E-state index is 0.363. The van der Waals surface area contributed by atoms with E-state index in [1.54, 1.807) is 0 Å². The molecule has 1 heteroatoms. The average molecular weight is 559 g/mol. The molecule has 0 aromatic heterocycles. The Labute approximate surface area is 254 Å². The lowest BCUT2D eigenvalue weighted by Gasteiger charge is -2.43. The van der Waals surface area contributed by atoms with Crippen LogP contribution in [0.2, 0.25) is 0 Å². The van der Waals surface area contributed by atoms with Crippen molar-refractivity contribution in [3.63, 3.8) is 0 Å². The van der Waals surface area contributed by atoms with Gasteiger partial charge in [0.2, 0.25) is 0 Å². The Morgan fingerprint density at radius 3 is 2.52 bits per heavy atom. The van der Waals surface area contributed by atoms with Crippen LogP contribution in [0.3, 0.4) is 0 Å². The minimum atomic E-state index is 0.363. The first-order chi connectivity index (χ1) is 20.4. The molecule has 3 aromatic carbocycles. The van der Waals surface area contributed by atoms with Crippen LogP contribution < -0.4 is 10.4 Å². The number of hydrogen-bond acceptors (Lipinski definition) is 1. The van der Waals surface area contributed by atoms with Gasteiger partial charge in [-0.1, -0.05) is 106 Å². The summed E-state index contributed by atoms with van der Waals surface area (Å²) in [6.07, 6.45) is 24.5. The van der Waals surface area contributed by atoms with Crippen LogP contribution in [0.1, 0.15) is 93.9 Å². The highest BCUT2D eigenvalue weighted by molar-refractivity contribution is 5.41. The molecule has 0 amide bonds. The van der Waals surface area contributed by atoms with Crippen LogP contribution >= 0.6 is 0 Å². The van der Waals surface area contributed by atoms with E-state index >= 15 is 0 Å². The van der Waals surface area contributed by atoms with Crippen LogP contribution in [0, 0.1) is 29.1 Å². The van der Waals surface area contributed by atoms with Gasteiger partial charge >= 0.3 is 0 Å². The molecule has 3 aliphatic rings. The smallest absolute Gasteiger partial charge is 0.116 e. The number of phenolic OH excluding ortho intramolecular Hbond substituents is 1. The quantitative estimate of drug-likeness (QED) is 0.260. The number of aromatic hydroxyl groups is 1. The fourth-order valence-corrected chi connectivity index (χ4v) is 8.54. The van der Waals surface area contributed by atoms with E-state index in [9.17, 15) is 5.11 Å². The molecule has 1 saturated carbocycles. The number of hydrogen-bond donors (Lipinski definition) is 1. The van der Waals surface area contributed by atoms with Crippen LogP contribution in [0.4, 0.5) is 0 Å². The Balaban J connectivity index is 1.08. The number of allylic oxidation sites excluding steroid dienone is 2. The normalized spacial score (nSPS) is 27.1. The summed E-state index contributed by atoms with van der Waals surface area (Å²) in [5.41, 5.74) is 5.79. The van der Waals surface area contributed by atoms with Gasteiger partial charge in [0.05, 0.1) is 0 Å². The highest BCUT2D eigenvalue weighted by Crippen LogP contribution is 2.48. The van der Waals surface area contributed by atoms with Gasteiger partial charge in [-0.15, -0.1) is 0 Å². The third-order valence-corrected chi connectivity index (χ3v) is 10.7. The maximum Gasteiger partial charge on any atom is 0.116 e. The van der Waals surface area contributed by atoms with Gasteiger partial charge in [-0.3, -0.25) is 0 Å². The molecular formula is C41H50O. The third kappa shape index (κ3) is 7.11. The van der Waals surface area contributed by atoms with Crippen molar-refractivity contribution in [3.05, 3.63) is 112 Å². The third-order valence-electron chi connectivity index (χ3n) is 10.7. The Bertz CT molecular complexity index is 1510. The molecule has 1 fully saturated rings. The first kappa shape index (κ1) is 29.0. The average Bonchev–Trinajstić information content (AvgIpc) is 2.98. The second-order valence-electron chi connectivity index (χ2n) is 14.2. The number of rotatable bonds is 9. The predicted molar refractivity (Wildman–Crippen MR) is 178 cm³/mol. The second-order valence-corrected chi connectivity index (χ2v) is 14.2. The number of aryl methyl sites for hydroxylation is 1. The fourth-order valence-electron chi connectivity index (χ4n) is 8.54. The lowest BCUT2D eigenvalue weighted by atomic mass is 9.61. The molecule has 0 aliphatic heterocycles. The Morgan fingerprint density at radius 1 is 0.881 bits per heavy atom. The van der Waals surface area contributed by atoms with Gasteiger partial charge in [0.1, 0.15) is 5.75 Å². The molecular weight excluding hydrogens is 508 g/mol. The molecule has 5 atom stereocenters. The first-order valence-electron chi connectivity index (χ1n) is 16.8. The Morgan fingerprint density at radius 2 is 1.67 bits per heavy atom.